The van der Waals surface area contributed by atoms with Crippen molar-refractivity contribution in [2.45, 2.75) is 13.3 Å². The predicted octanol–water partition coefficient (Wildman–Crippen LogP) is 4.14. The van der Waals surface area contributed by atoms with Gasteiger partial charge < -0.3 is 10.1 Å². The maximum Gasteiger partial charge on any atom is 0.271 e. The van der Waals surface area contributed by atoms with E-state index in [-0.39, 0.29) is 12.3 Å². The van der Waals surface area contributed by atoms with E-state index in [2.05, 4.69) is 15.8 Å². The molecule has 26 heavy (non-hydrogen) atoms. The summed E-state index contributed by atoms with van der Waals surface area (Å²) in [6, 6.07) is 11.4. The first-order chi connectivity index (χ1) is 12.4. The molecule has 2 amide bonds. The number of hydrazone groups is 1. The standard InChI is InChI=1S/C18H17Cl2N3O3/c1-11(22-23-18(25)12-4-3-5-13(19)9-12)8-17(24)21-16-10-14(26-2)6-7-15(16)20/h3-7,9-10H,8H2,1-2H3,(H,21,24)(H,23,25)/b22-11+. The van der Waals surface area contributed by atoms with Gasteiger partial charge in [-0.25, -0.2) is 5.43 Å². The number of halogens is 2. The van der Waals surface area contributed by atoms with E-state index < -0.39 is 5.91 Å². The van der Waals surface area contributed by atoms with Crippen molar-refractivity contribution in [1.29, 1.82) is 0 Å². The molecule has 0 fully saturated rings. The zero-order valence-electron chi connectivity index (χ0n) is 14.2. The Bertz CT molecular complexity index is 853. The van der Waals surface area contributed by atoms with Crippen LogP contribution >= 0.6 is 23.2 Å². The first kappa shape index (κ1) is 19.8. The molecule has 136 valence electrons. The van der Waals surface area contributed by atoms with E-state index >= 15 is 0 Å². The first-order valence-electron chi connectivity index (χ1n) is 7.61. The third-order valence-corrected chi connectivity index (χ3v) is 3.86. The molecule has 0 spiro atoms. The van der Waals surface area contributed by atoms with Crippen molar-refractivity contribution in [3.63, 3.8) is 0 Å². The number of carbonyl (C=O) groups excluding carboxylic acids is 2. The summed E-state index contributed by atoms with van der Waals surface area (Å²) in [6.45, 7) is 1.63. The van der Waals surface area contributed by atoms with Crippen LogP contribution < -0.4 is 15.5 Å². The Morgan fingerprint density at radius 2 is 1.92 bits per heavy atom. The highest BCUT2D eigenvalue weighted by atomic mass is 35.5. The molecule has 0 aliphatic heterocycles. The van der Waals surface area contributed by atoms with Crippen LogP contribution in [0.3, 0.4) is 0 Å². The molecule has 2 rings (SSSR count). The minimum absolute atomic E-state index is 0.0106. The lowest BCUT2D eigenvalue weighted by Crippen LogP contribution is -2.21. The number of carbonyl (C=O) groups is 2. The van der Waals surface area contributed by atoms with Gasteiger partial charge in [0.05, 0.1) is 24.2 Å². The molecule has 0 unspecified atom stereocenters. The van der Waals surface area contributed by atoms with E-state index in [4.69, 9.17) is 27.9 Å². The maximum absolute atomic E-state index is 12.1. The van der Waals surface area contributed by atoms with Gasteiger partial charge in [-0.05, 0) is 37.3 Å². The minimum atomic E-state index is -0.414. The van der Waals surface area contributed by atoms with Crippen molar-refractivity contribution >= 4 is 46.4 Å². The number of nitrogens with one attached hydrogen (secondary N) is 2. The molecule has 0 aliphatic rings. The average Bonchev–Trinajstić information content (AvgIpc) is 2.61. The van der Waals surface area contributed by atoms with E-state index in [1.807, 2.05) is 0 Å². The van der Waals surface area contributed by atoms with Crippen molar-refractivity contribution in [3.05, 3.63) is 58.1 Å². The van der Waals surface area contributed by atoms with Crippen LogP contribution in [0, 0.1) is 0 Å². The van der Waals surface area contributed by atoms with Gasteiger partial charge in [0, 0.05) is 22.4 Å². The molecular weight excluding hydrogens is 377 g/mol. The number of nitrogens with zero attached hydrogens (tertiary/aromatic N) is 1. The lowest BCUT2D eigenvalue weighted by molar-refractivity contribution is -0.115. The molecule has 0 heterocycles. The van der Waals surface area contributed by atoms with E-state index in [1.54, 1.807) is 43.3 Å². The highest BCUT2D eigenvalue weighted by Crippen LogP contribution is 2.26. The predicted molar refractivity (Wildman–Crippen MR) is 103 cm³/mol. The van der Waals surface area contributed by atoms with Gasteiger partial charge in [-0.1, -0.05) is 29.3 Å². The van der Waals surface area contributed by atoms with Crippen molar-refractivity contribution in [2.24, 2.45) is 5.10 Å². The fraction of sp³-hybridized carbons (Fsp3) is 0.167. The largest absolute Gasteiger partial charge is 0.497 e. The van der Waals surface area contributed by atoms with Crippen LogP contribution in [-0.4, -0.2) is 24.6 Å². The molecule has 2 N–H and O–H groups in total. The van der Waals surface area contributed by atoms with Gasteiger partial charge in [-0.3, -0.25) is 9.59 Å². The van der Waals surface area contributed by atoms with Crippen molar-refractivity contribution in [1.82, 2.24) is 5.43 Å². The molecule has 2 aromatic carbocycles. The molecule has 0 saturated carbocycles. The molecule has 8 heteroatoms. The molecule has 2 aromatic rings. The number of amides is 2. The summed E-state index contributed by atoms with van der Waals surface area (Å²) in [5, 5.41) is 7.45. The fourth-order valence-corrected chi connectivity index (χ4v) is 2.39. The Morgan fingerprint density at radius 1 is 1.15 bits per heavy atom. The quantitative estimate of drug-likeness (QED) is 0.571. The third-order valence-electron chi connectivity index (χ3n) is 3.30. The van der Waals surface area contributed by atoms with E-state index in [0.717, 1.165) is 0 Å². The summed E-state index contributed by atoms with van der Waals surface area (Å²) in [6.07, 6.45) is -0.0106. The summed E-state index contributed by atoms with van der Waals surface area (Å²) in [7, 11) is 1.52. The SMILES string of the molecule is COc1ccc(Cl)c(NC(=O)C/C(C)=N/NC(=O)c2cccc(Cl)c2)c1. The van der Waals surface area contributed by atoms with Crippen LogP contribution in [0.5, 0.6) is 5.75 Å². The fourth-order valence-electron chi connectivity index (χ4n) is 2.03. The van der Waals surface area contributed by atoms with Gasteiger partial charge in [0.2, 0.25) is 5.91 Å². The second-order valence-electron chi connectivity index (χ2n) is 5.37. The Kier molecular flexibility index (Phi) is 7.00. The van der Waals surface area contributed by atoms with Crippen LogP contribution in [0.4, 0.5) is 5.69 Å². The van der Waals surface area contributed by atoms with Gasteiger partial charge in [0.25, 0.3) is 5.91 Å². The topological polar surface area (TPSA) is 79.8 Å². The molecule has 0 saturated heterocycles. The lowest BCUT2D eigenvalue weighted by atomic mass is 10.2. The van der Waals surface area contributed by atoms with Gasteiger partial charge in [0.1, 0.15) is 5.75 Å². The Morgan fingerprint density at radius 3 is 2.62 bits per heavy atom. The average molecular weight is 394 g/mol. The number of hydrogen-bond donors (Lipinski definition) is 2. The number of anilines is 1. The molecule has 0 atom stereocenters. The molecule has 0 aromatic heterocycles. The van der Waals surface area contributed by atoms with E-state index in [0.29, 0.717) is 32.8 Å². The van der Waals surface area contributed by atoms with Gasteiger partial charge in [-0.15, -0.1) is 0 Å². The Balaban J connectivity index is 1.94. The number of ether oxygens (including phenoxy) is 1. The molecule has 0 aliphatic carbocycles. The van der Waals surface area contributed by atoms with Gasteiger partial charge >= 0.3 is 0 Å². The molecule has 0 bridgehead atoms. The number of hydrogen-bond acceptors (Lipinski definition) is 4. The maximum atomic E-state index is 12.1. The number of methoxy groups -OCH3 is 1. The van der Waals surface area contributed by atoms with Crippen molar-refractivity contribution in [3.8, 4) is 5.75 Å². The Labute approximate surface area is 161 Å². The van der Waals surface area contributed by atoms with Crippen LogP contribution in [0.25, 0.3) is 0 Å². The number of rotatable bonds is 6. The summed E-state index contributed by atoms with van der Waals surface area (Å²) in [4.78, 5) is 24.1. The zero-order valence-corrected chi connectivity index (χ0v) is 15.7. The van der Waals surface area contributed by atoms with Gasteiger partial charge in [0.15, 0.2) is 0 Å². The van der Waals surface area contributed by atoms with Gasteiger partial charge in [-0.2, -0.15) is 5.10 Å². The third kappa shape index (κ3) is 5.75. The lowest BCUT2D eigenvalue weighted by Gasteiger charge is -2.09. The van der Waals surface area contributed by atoms with Crippen LogP contribution in [0.2, 0.25) is 10.0 Å². The van der Waals surface area contributed by atoms with Crippen LogP contribution in [0.1, 0.15) is 23.7 Å². The minimum Gasteiger partial charge on any atom is -0.497 e. The van der Waals surface area contributed by atoms with Crippen LogP contribution in [-0.2, 0) is 4.79 Å². The highest BCUT2D eigenvalue weighted by molar-refractivity contribution is 6.34. The monoisotopic (exact) mass is 393 g/mol. The second-order valence-corrected chi connectivity index (χ2v) is 6.21. The smallest absolute Gasteiger partial charge is 0.271 e. The van der Waals surface area contributed by atoms with E-state index in [1.165, 1.54) is 13.2 Å². The zero-order chi connectivity index (χ0) is 19.1. The van der Waals surface area contributed by atoms with Crippen LogP contribution in [0.15, 0.2) is 47.6 Å². The summed E-state index contributed by atoms with van der Waals surface area (Å²) < 4.78 is 5.10. The number of benzene rings is 2. The highest BCUT2D eigenvalue weighted by Gasteiger charge is 2.10. The second kappa shape index (κ2) is 9.22. The summed E-state index contributed by atoms with van der Waals surface area (Å²) in [5.74, 6) is -0.162. The summed E-state index contributed by atoms with van der Waals surface area (Å²) in [5.41, 5.74) is 3.63. The first-order valence-corrected chi connectivity index (χ1v) is 8.37. The summed E-state index contributed by atoms with van der Waals surface area (Å²) >= 11 is 11.9. The van der Waals surface area contributed by atoms with Crippen molar-refractivity contribution < 1.29 is 14.3 Å². The van der Waals surface area contributed by atoms with Crippen molar-refractivity contribution in [2.75, 3.05) is 12.4 Å². The molecule has 6 nitrogen and oxygen atoms in total. The van der Waals surface area contributed by atoms with E-state index in [9.17, 15) is 9.59 Å². The Hall–Kier alpha value is -2.57. The normalized spacial score (nSPS) is 11.0. The molecular formula is C18H17Cl2N3O3. The molecule has 0 radical (unpaired) electrons.